The molecule has 0 bridgehead atoms. The van der Waals surface area contributed by atoms with E-state index in [0.717, 1.165) is 51.4 Å². The summed E-state index contributed by atoms with van der Waals surface area (Å²) >= 11 is 0. The van der Waals surface area contributed by atoms with Crippen LogP contribution in [0.15, 0.2) is 24.3 Å². The highest BCUT2D eigenvalue weighted by Crippen LogP contribution is 2.50. The van der Waals surface area contributed by atoms with Crippen molar-refractivity contribution < 1.29 is 19.8 Å². The molecule has 2 N–H and O–H groups in total. The van der Waals surface area contributed by atoms with E-state index in [0.29, 0.717) is 6.42 Å². The number of unbranched alkanes of at least 4 members (excludes halogenated alkanes) is 1. The Morgan fingerprint density at radius 2 is 1.56 bits per heavy atom. The summed E-state index contributed by atoms with van der Waals surface area (Å²) in [6.45, 7) is 3.55. The lowest BCUT2D eigenvalue weighted by Gasteiger charge is -2.19. The van der Waals surface area contributed by atoms with Gasteiger partial charge in [-0.2, -0.15) is 0 Å². The van der Waals surface area contributed by atoms with Crippen LogP contribution in [0.1, 0.15) is 69.9 Å². The zero-order chi connectivity index (χ0) is 18.5. The standard InChI is InChI=1S/C21H30O4/c1-20(2,18(22)23)12-7-11-17-9-4-3-8-16(17)10-5-6-13-21(14-15-21)19(24)25/h3-4,8-9H,5-7,10-15H2,1-2H3,(H,22,23)(H,24,25). The molecule has 0 aromatic heterocycles. The van der Waals surface area contributed by atoms with Crippen LogP contribution in [0.5, 0.6) is 0 Å². The molecular formula is C21H30O4. The Kier molecular flexibility index (Phi) is 6.26. The highest BCUT2D eigenvalue weighted by atomic mass is 16.4. The second kappa shape index (κ2) is 8.03. The molecule has 0 aliphatic heterocycles. The van der Waals surface area contributed by atoms with Gasteiger partial charge in [-0.25, -0.2) is 0 Å². The maximum Gasteiger partial charge on any atom is 0.309 e. The molecule has 0 unspecified atom stereocenters. The largest absolute Gasteiger partial charge is 0.481 e. The van der Waals surface area contributed by atoms with Crippen molar-refractivity contribution in [2.24, 2.45) is 10.8 Å². The Hall–Kier alpha value is -1.84. The predicted molar refractivity (Wildman–Crippen MR) is 97.7 cm³/mol. The highest BCUT2D eigenvalue weighted by molar-refractivity contribution is 5.77. The summed E-state index contributed by atoms with van der Waals surface area (Å²) in [6.07, 6.45) is 7.80. The Morgan fingerprint density at radius 1 is 1.00 bits per heavy atom. The molecule has 4 nitrogen and oxygen atoms in total. The molecule has 1 aliphatic carbocycles. The number of hydrogen-bond acceptors (Lipinski definition) is 2. The Labute approximate surface area is 150 Å². The van der Waals surface area contributed by atoms with E-state index < -0.39 is 22.8 Å². The molecule has 4 heteroatoms. The van der Waals surface area contributed by atoms with Crippen molar-refractivity contribution in [3.8, 4) is 0 Å². The molecule has 0 atom stereocenters. The first-order valence-corrected chi connectivity index (χ1v) is 9.30. The minimum atomic E-state index is -0.742. The highest BCUT2D eigenvalue weighted by Gasteiger charge is 2.49. The number of aryl methyl sites for hydroxylation is 2. The molecule has 1 aromatic rings. The lowest BCUT2D eigenvalue weighted by Crippen LogP contribution is -2.23. The SMILES string of the molecule is CC(C)(CCCc1ccccc1CCCCC1(C(=O)O)CC1)C(=O)O. The molecule has 0 heterocycles. The lowest BCUT2D eigenvalue weighted by molar-refractivity contribution is -0.147. The number of carbonyl (C=O) groups is 2. The number of rotatable bonds is 11. The Bertz CT molecular complexity index is 614. The average Bonchev–Trinajstić information content (AvgIpc) is 3.34. The third kappa shape index (κ3) is 5.32. The van der Waals surface area contributed by atoms with Crippen molar-refractivity contribution in [1.29, 1.82) is 0 Å². The van der Waals surface area contributed by atoms with E-state index in [1.165, 1.54) is 11.1 Å². The molecule has 1 aromatic carbocycles. The quantitative estimate of drug-likeness (QED) is 0.570. The molecule has 1 saturated carbocycles. The maximum absolute atomic E-state index is 11.2. The molecule has 0 spiro atoms. The van der Waals surface area contributed by atoms with Crippen LogP contribution in [-0.4, -0.2) is 22.2 Å². The van der Waals surface area contributed by atoms with E-state index in [4.69, 9.17) is 0 Å². The van der Waals surface area contributed by atoms with E-state index in [1.807, 2.05) is 12.1 Å². The van der Waals surface area contributed by atoms with E-state index >= 15 is 0 Å². The molecular weight excluding hydrogens is 316 g/mol. The van der Waals surface area contributed by atoms with Gasteiger partial charge in [0.25, 0.3) is 0 Å². The van der Waals surface area contributed by atoms with E-state index in [1.54, 1.807) is 13.8 Å². The van der Waals surface area contributed by atoms with Gasteiger partial charge in [0, 0.05) is 0 Å². The van der Waals surface area contributed by atoms with Crippen molar-refractivity contribution in [1.82, 2.24) is 0 Å². The Morgan fingerprint density at radius 3 is 2.04 bits per heavy atom. The van der Waals surface area contributed by atoms with Crippen LogP contribution in [0.25, 0.3) is 0 Å². The second-order valence-electron chi connectivity index (χ2n) is 8.10. The Balaban J connectivity index is 1.80. The van der Waals surface area contributed by atoms with Gasteiger partial charge in [0.1, 0.15) is 0 Å². The summed E-state index contributed by atoms with van der Waals surface area (Å²) in [6, 6.07) is 8.34. The van der Waals surface area contributed by atoms with Crippen molar-refractivity contribution >= 4 is 11.9 Å². The van der Waals surface area contributed by atoms with Gasteiger partial charge in [-0.05, 0) is 76.3 Å². The van der Waals surface area contributed by atoms with E-state index in [2.05, 4.69) is 12.1 Å². The fourth-order valence-electron chi connectivity index (χ4n) is 3.37. The lowest BCUT2D eigenvalue weighted by atomic mass is 9.86. The molecule has 2 rings (SSSR count). The van der Waals surface area contributed by atoms with Gasteiger partial charge in [0.2, 0.25) is 0 Å². The summed E-state index contributed by atoms with van der Waals surface area (Å²) in [5.41, 5.74) is 1.52. The topological polar surface area (TPSA) is 74.6 Å². The number of carboxylic acids is 2. The first kappa shape index (κ1) is 19.5. The van der Waals surface area contributed by atoms with Crippen molar-refractivity contribution in [3.05, 3.63) is 35.4 Å². The number of hydrogen-bond donors (Lipinski definition) is 2. The van der Waals surface area contributed by atoms with Gasteiger partial charge < -0.3 is 10.2 Å². The molecule has 25 heavy (non-hydrogen) atoms. The predicted octanol–water partition coefficient (Wildman–Crippen LogP) is 4.70. The third-order valence-corrected chi connectivity index (χ3v) is 5.60. The molecule has 1 aliphatic rings. The van der Waals surface area contributed by atoms with Crippen LogP contribution in [0.3, 0.4) is 0 Å². The summed E-state index contributed by atoms with van der Waals surface area (Å²) < 4.78 is 0. The van der Waals surface area contributed by atoms with Crippen LogP contribution in [0.2, 0.25) is 0 Å². The summed E-state index contributed by atoms with van der Waals surface area (Å²) in [4.78, 5) is 22.4. The fraction of sp³-hybridized carbons (Fsp3) is 0.619. The number of carboxylic acid groups (broad SMARTS) is 2. The summed E-state index contributed by atoms with van der Waals surface area (Å²) in [7, 11) is 0. The van der Waals surface area contributed by atoms with E-state index in [9.17, 15) is 19.8 Å². The fourth-order valence-corrected chi connectivity index (χ4v) is 3.37. The van der Waals surface area contributed by atoms with Crippen molar-refractivity contribution in [2.45, 2.75) is 71.6 Å². The van der Waals surface area contributed by atoms with Gasteiger partial charge >= 0.3 is 11.9 Å². The maximum atomic E-state index is 11.2. The zero-order valence-corrected chi connectivity index (χ0v) is 15.4. The minimum Gasteiger partial charge on any atom is -0.481 e. The summed E-state index contributed by atoms with van der Waals surface area (Å²) in [5.74, 6) is -1.37. The monoisotopic (exact) mass is 346 g/mol. The van der Waals surface area contributed by atoms with Crippen molar-refractivity contribution in [2.75, 3.05) is 0 Å². The number of aliphatic carboxylic acids is 2. The third-order valence-electron chi connectivity index (χ3n) is 5.60. The smallest absolute Gasteiger partial charge is 0.309 e. The molecule has 0 saturated heterocycles. The molecule has 0 amide bonds. The van der Waals surface area contributed by atoms with Gasteiger partial charge in [-0.1, -0.05) is 30.7 Å². The molecule has 0 radical (unpaired) electrons. The molecule has 1 fully saturated rings. The van der Waals surface area contributed by atoms with Crippen LogP contribution >= 0.6 is 0 Å². The number of benzene rings is 1. The van der Waals surface area contributed by atoms with Gasteiger partial charge in [-0.3, -0.25) is 9.59 Å². The van der Waals surface area contributed by atoms with E-state index in [-0.39, 0.29) is 0 Å². The first-order valence-electron chi connectivity index (χ1n) is 9.30. The van der Waals surface area contributed by atoms with Crippen LogP contribution < -0.4 is 0 Å². The molecule has 138 valence electrons. The normalized spacial score (nSPS) is 15.8. The van der Waals surface area contributed by atoms with Gasteiger partial charge in [0.15, 0.2) is 0 Å². The van der Waals surface area contributed by atoms with Gasteiger partial charge in [-0.15, -0.1) is 0 Å². The van der Waals surface area contributed by atoms with Crippen LogP contribution in [0, 0.1) is 10.8 Å². The van der Waals surface area contributed by atoms with Crippen molar-refractivity contribution in [3.63, 3.8) is 0 Å². The van der Waals surface area contributed by atoms with Crippen LogP contribution in [0.4, 0.5) is 0 Å². The average molecular weight is 346 g/mol. The first-order chi connectivity index (χ1) is 11.8. The summed E-state index contributed by atoms with van der Waals surface area (Å²) in [5, 5.41) is 18.4. The van der Waals surface area contributed by atoms with Gasteiger partial charge in [0.05, 0.1) is 10.8 Å². The zero-order valence-electron chi connectivity index (χ0n) is 15.4. The minimum absolute atomic E-state index is 0.415. The van der Waals surface area contributed by atoms with Crippen LogP contribution in [-0.2, 0) is 22.4 Å². The second-order valence-corrected chi connectivity index (χ2v) is 8.10.